The summed E-state index contributed by atoms with van der Waals surface area (Å²) in [6.07, 6.45) is -0.274. The van der Waals surface area contributed by atoms with Gasteiger partial charge in [-0.1, -0.05) is 0 Å². The van der Waals surface area contributed by atoms with E-state index in [1.165, 1.54) is 29.2 Å². The highest BCUT2D eigenvalue weighted by molar-refractivity contribution is 6.26. The number of hydrogen-bond donors (Lipinski definition) is 4. The molecule has 1 aliphatic rings. The zero-order chi connectivity index (χ0) is 27.1. The SMILES string of the molecule is N=C(/C(C(N)=O)=C(/N)N[C@@H]1CCCN(C(=O)/C=C/C(F)F)C1)c1ccc(Oc2ccc(F)cc2F)cc1. The van der Waals surface area contributed by atoms with Gasteiger partial charge in [0.1, 0.15) is 23.0 Å². The minimum atomic E-state index is -2.74. The number of carbonyl (C=O) groups excluding carboxylic acids is 2. The number of allylic oxidation sites excluding steroid dienone is 1. The van der Waals surface area contributed by atoms with E-state index in [1.54, 1.807) is 0 Å². The molecule has 1 heterocycles. The second-order valence-corrected chi connectivity index (χ2v) is 8.19. The molecule has 37 heavy (non-hydrogen) atoms. The van der Waals surface area contributed by atoms with Crippen LogP contribution < -0.4 is 21.5 Å². The van der Waals surface area contributed by atoms with Gasteiger partial charge in [0.2, 0.25) is 5.91 Å². The van der Waals surface area contributed by atoms with Gasteiger partial charge in [-0.2, -0.15) is 0 Å². The van der Waals surface area contributed by atoms with E-state index in [0.717, 1.165) is 18.2 Å². The number of halogens is 4. The van der Waals surface area contributed by atoms with Crippen LogP contribution in [0.1, 0.15) is 18.4 Å². The summed E-state index contributed by atoms with van der Waals surface area (Å²) in [6.45, 7) is 0.529. The summed E-state index contributed by atoms with van der Waals surface area (Å²) >= 11 is 0. The van der Waals surface area contributed by atoms with E-state index >= 15 is 0 Å². The van der Waals surface area contributed by atoms with Crippen LogP contribution in [0.3, 0.4) is 0 Å². The van der Waals surface area contributed by atoms with Crippen LogP contribution in [0.5, 0.6) is 11.5 Å². The molecule has 0 unspecified atom stereocenters. The molecule has 0 aliphatic carbocycles. The molecule has 0 spiro atoms. The van der Waals surface area contributed by atoms with Crippen LogP contribution in [-0.4, -0.2) is 48.0 Å². The highest BCUT2D eigenvalue weighted by Gasteiger charge is 2.25. The second kappa shape index (κ2) is 12.1. The lowest BCUT2D eigenvalue weighted by atomic mass is 10.0. The molecule has 1 saturated heterocycles. The van der Waals surface area contributed by atoms with Crippen molar-refractivity contribution in [1.29, 1.82) is 5.41 Å². The highest BCUT2D eigenvalue weighted by atomic mass is 19.3. The fraction of sp³-hybridized carbons (Fsp3) is 0.240. The van der Waals surface area contributed by atoms with Crippen molar-refractivity contribution in [3.63, 3.8) is 0 Å². The molecule has 6 N–H and O–H groups in total. The molecule has 0 saturated carbocycles. The maximum atomic E-state index is 13.8. The summed E-state index contributed by atoms with van der Waals surface area (Å²) in [7, 11) is 0. The van der Waals surface area contributed by atoms with Crippen LogP contribution in [0.2, 0.25) is 0 Å². The normalized spacial score (nSPS) is 16.5. The fourth-order valence-electron chi connectivity index (χ4n) is 3.76. The molecule has 0 bridgehead atoms. The van der Waals surface area contributed by atoms with Crippen LogP contribution in [0.4, 0.5) is 17.6 Å². The number of rotatable bonds is 9. The van der Waals surface area contributed by atoms with Gasteiger partial charge in [0, 0.05) is 36.8 Å². The predicted molar refractivity (Wildman–Crippen MR) is 128 cm³/mol. The number of carbonyl (C=O) groups is 2. The second-order valence-electron chi connectivity index (χ2n) is 8.19. The number of primary amides is 1. The van der Waals surface area contributed by atoms with Crippen molar-refractivity contribution >= 4 is 17.5 Å². The van der Waals surface area contributed by atoms with E-state index in [4.69, 9.17) is 21.6 Å². The van der Waals surface area contributed by atoms with Crippen LogP contribution in [0.25, 0.3) is 0 Å². The average Bonchev–Trinajstić information content (AvgIpc) is 2.84. The summed E-state index contributed by atoms with van der Waals surface area (Å²) in [6, 6.07) is 8.18. The summed E-state index contributed by atoms with van der Waals surface area (Å²) < 4.78 is 57.0. The maximum absolute atomic E-state index is 13.8. The lowest BCUT2D eigenvalue weighted by Crippen LogP contribution is -2.49. The van der Waals surface area contributed by atoms with Crippen molar-refractivity contribution in [2.24, 2.45) is 11.5 Å². The smallest absolute Gasteiger partial charge is 0.257 e. The van der Waals surface area contributed by atoms with Gasteiger partial charge < -0.3 is 26.4 Å². The summed E-state index contributed by atoms with van der Waals surface area (Å²) in [5.74, 6) is -3.34. The molecular formula is C25H25F4N5O3. The van der Waals surface area contributed by atoms with E-state index in [9.17, 15) is 27.2 Å². The van der Waals surface area contributed by atoms with E-state index in [0.29, 0.717) is 31.5 Å². The molecule has 8 nitrogen and oxygen atoms in total. The number of nitrogens with one attached hydrogen (secondary N) is 2. The van der Waals surface area contributed by atoms with Gasteiger partial charge >= 0.3 is 0 Å². The number of hydrogen-bond acceptors (Lipinski definition) is 6. The summed E-state index contributed by atoms with van der Waals surface area (Å²) in [4.78, 5) is 25.7. The van der Waals surface area contributed by atoms with E-state index < -0.39 is 35.9 Å². The van der Waals surface area contributed by atoms with Crippen LogP contribution in [0, 0.1) is 17.0 Å². The molecule has 2 aromatic rings. The Morgan fingerprint density at radius 1 is 1.14 bits per heavy atom. The van der Waals surface area contributed by atoms with Gasteiger partial charge in [0.25, 0.3) is 12.3 Å². The number of piperidine rings is 1. The number of nitrogens with two attached hydrogens (primary N) is 2. The molecule has 2 amide bonds. The topological polar surface area (TPSA) is 135 Å². The molecule has 12 heteroatoms. The van der Waals surface area contributed by atoms with Crippen LogP contribution in [-0.2, 0) is 9.59 Å². The molecule has 2 aromatic carbocycles. The molecule has 196 valence electrons. The molecular weight excluding hydrogens is 494 g/mol. The Kier molecular flexibility index (Phi) is 8.88. The molecule has 3 rings (SSSR count). The van der Waals surface area contributed by atoms with Crippen molar-refractivity contribution in [1.82, 2.24) is 10.2 Å². The van der Waals surface area contributed by atoms with E-state index in [1.807, 2.05) is 0 Å². The molecule has 0 aromatic heterocycles. The number of nitrogens with zero attached hydrogens (tertiary/aromatic N) is 1. The Morgan fingerprint density at radius 3 is 2.46 bits per heavy atom. The third-order valence-corrected chi connectivity index (χ3v) is 5.51. The van der Waals surface area contributed by atoms with E-state index in [2.05, 4.69) is 5.32 Å². The van der Waals surface area contributed by atoms with Gasteiger partial charge in [0.05, 0.1) is 5.71 Å². The van der Waals surface area contributed by atoms with Gasteiger partial charge in [-0.3, -0.25) is 15.0 Å². The number of ether oxygens (including phenoxy) is 1. The predicted octanol–water partition coefficient (Wildman–Crippen LogP) is 3.18. The standard InChI is InChI=1S/C25H25F4N5O3/c26-15-5-8-19(18(27)12-15)37-17-6-3-14(4-7-17)23(30)22(25(32)36)24(31)33-16-2-1-11-34(13-16)21(35)10-9-20(28)29/h3-10,12,16,20,30,33H,1-2,11,13,31H2,(H2,32,36)/b10-9+,24-22+,30-23?/t16-/m1/s1. The van der Waals surface area contributed by atoms with Crippen LogP contribution >= 0.6 is 0 Å². The average molecular weight is 519 g/mol. The molecule has 0 radical (unpaired) electrons. The Balaban J connectivity index is 1.72. The third-order valence-electron chi connectivity index (χ3n) is 5.51. The Labute approximate surface area is 210 Å². The molecule has 1 fully saturated rings. The minimum absolute atomic E-state index is 0.151. The Morgan fingerprint density at radius 2 is 1.84 bits per heavy atom. The first-order valence-electron chi connectivity index (χ1n) is 11.2. The lowest BCUT2D eigenvalue weighted by Gasteiger charge is -2.33. The monoisotopic (exact) mass is 519 g/mol. The number of alkyl halides is 2. The minimum Gasteiger partial charge on any atom is -0.454 e. The van der Waals surface area contributed by atoms with E-state index in [-0.39, 0.29) is 40.7 Å². The third kappa shape index (κ3) is 7.32. The first kappa shape index (κ1) is 27.2. The van der Waals surface area contributed by atoms with Crippen molar-refractivity contribution in [3.05, 3.63) is 83.2 Å². The number of amides is 2. The van der Waals surface area contributed by atoms with Crippen molar-refractivity contribution in [2.75, 3.05) is 13.1 Å². The van der Waals surface area contributed by atoms with Crippen molar-refractivity contribution < 1.29 is 31.9 Å². The Bertz CT molecular complexity index is 1230. The van der Waals surface area contributed by atoms with Crippen LogP contribution in [0.15, 0.2) is 66.0 Å². The first-order valence-corrected chi connectivity index (χ1v) is 11.2. The largest absolute Gasteiger partial charge is 0.454 e. The lowest BCUT2D eigenvalue weighted by molar-refractivity contribution is -0.127. The molecule has 1 atom stereocenters. The van der Waals surface area contributed by atoms with Gasteiger partial charge in [-0.15, -0.1) is 0 Å². The number of benzene rings is 2. The van der Waals surface area contributed by atoms with Gasteiger partial charge in [0.15, 0.2) is 11.6 Å². The highest BCUT2D eigenvalue weighted by Crippen LogP contribution is 2.26. The van der Waals surface area contributed by atoms with Crippen molar-refractivity contribution in [3.8, 4) is 11.5 Å². The van der Waals surface area contributed by atoms with Gasteiger partial charge in [-0.25, -0.2) is 17.6 Å². The zero-order valence-electron chi connectivity index (χ0n) is 19.5. The maximum Gasteiger partial charge on any atom is 0.257 e. The number of likely N-dealkylation sites (tertiary alicyclic amines) is 1. The zero-order valence-corrected chi connectivity index (χ0v) is 19.5. The van der Waals surface area contributed by atoms with Gasteiger partial charge in [-0.05, 0) is 55.3 Å². The Hall–Kier alpha value is -4.35. The quantitative estimate of drug-likeness (QED) is 0.229. The fourth-order valence-corrected chi connectivity index (χ4v) is 3.76. The summed E-state index contributed by atoms with van der Waals surface area (Å²) in [5, 5.41) is 11.4. The van der Waals surface area contributed by atoms with Crippen molar-refractivity contribution in [2.45, 2.75) is 25.3 Å². The summed E-state index contributed by atoms with van der Waals surface area (Å²) in [5.41, 5.74) is 11.2. The first-order chi connectivity index (χ1) is 17.5. The molecule has 1 aliphatic heterocycles.